The topological polar surface area (TPSA) is 58.1 Å². The van der Waals surface area contributed by atoms with E-state index in [1.54, 1.807) is 24.4 Å². The number of fused-ring (bicyclic) bond motifs is 1. The van der Waals surface area contributed by atoms with E-state index in [9.17, 15) is 4.79 Å². The molecule has 2 heterocycles. The number of para-hydroxylation sites is 1. The Hall–Kier alpha value is -2.92. The van der Waals surface area contributed by atoms with Crippen LogP contribution in [0.2, 0.25) is 5.02 Å². The summed E-state index contributed by atoms with van der Waals surface area (Å²) in [5.74, 6) is 0.252. The molecule has 0 saturated carbocycles. The lowest BCUT2D eigenvalue weighted by Crippen LogP contribution is -2.36. The number of benzene rings is 2. The van der Waals surface area contributed by atoms with Gasteiger partial charge in [0, 0.05) is 28.6 Å². The molecule has 0 fully saturated rings. The number of halogens is 1. The number of hydrogen-bond donors (Lipinski definition) is 1. The summed E-state index contributed by atoms with van der Waals surface area (Å²) >= 11 is 5.90. The van der Waals surface area contributed by atoms with E-state index >= 15 is 0 Å². The van der Waals surface area contributed by atoms with Gasteiger partial charge >= 0.3 is 0 Å². The van der Waals surface area contributed by atoms with Crippen molar-refractivity contribution in [1.29, 1.82) is 0 Å². The minimum Gasteiger partial charge on any atom is -0.324 e. The van der Waals surface area contributed by atoms with Gasteiger partial charge in [-0.3, -0.25) is 4.79 Å². The Bertz CT molecular complexity index is 958. The number of hydrogen-bond acceptors (Lipinski definition) is 4. The molecule has 0 radical (unpaired) electrons. The molecule has 2 aromatic carbocycles. The van der Waals surface area contributed by atoms with Gasteiger partial charge in [0.1, 0.15) is 5.69 Å². The van der Waals surface area contributed by atoms with E-state index in [-0.39, 0.29) is 11.9 Å². The molecule has 130 valence electrons. The highest BCUT2D eigenvalue weighted by atomic mass is 35.5. The van der Waals surface area contributed by atoms with E-state index in [4.69, 9.17) is 11.6 Å². The highest BCUT2D eigenvalue weighted by molar-refractivity contribution is 6.30. The second kappa shape index (κ2) is 6.77. The van der Waals surface area contributed by atoms with Crippen molar-refractivity contribution in [3.8, 4) is 0 Å². The third-order valence-corrected chi connectivity index (χ3v) is 4.65. The standard InChI is InChI=1S/C20H17ClN4O/c1-13-12-14-4-2-3-5-18(14)25(13)19(26)17-10-11-22-20(24-17)23-16-8-6-15(21)7-9-16/h2-11,13H,12H2,1H3,(H,22,23,24). The van der Waals surface area contributed by atoms with Crippen LogP contribution in [0.1, 0.15) is 23.0 Å². The van der Waals surface area contributed by atoms with Crippen LogP contribution in [0, 0.1) is 0 Å². The number of nitrogens with zero attached hydrogens (tertiary/aromatic N) is 3. The second-order valence-electron chi connectivity index (χ2n) is 6.25. The number of amides is 1. The van der Waals surface area contributed by atoms with Crippen molar-refractivity contribution in [3.05, 3.63) is 77.1 Å². The van der Waals surface area contributed by atoms with E-state index in [2.05, 4.69) is 21.4 Å². The van der Waals surface area contributed by atoms with Crippen molar-refractivity contribution < 1.29 is 4.79 Å². The van der Waals surface area contributed by atoms with Crippen LogP contribution in [0.5, 0.6) is 0 Å². The van der Waals surface area contributed by atoms with E-state index in [0.717, 1.165) is 17.8 Å². The zero-order valence-corrected chi connectivity index (χ0v) is 14.9. The number of nitrogens with one attached hydrogen (secondary N) is 1. The van der Waals surface area contributed by atoms with Crippen molar-refractivity contribution in [1.82, 2.24) is 9.97 Å². The smallest absolute Gasteiger partial charge is 0.277 e. The molecule has 3 aromatic rings. The zero-order chi connectivity index (χ0) is 18.1. The molecular weight excluding hydrogens is 348 g/mol. The lowest BCUT2D eigenvalue weighted by molar-refractivity contribution is 0.0976. The highest BCUT2D eigenvalue weighted by Crippen LogP contribution is 2.32. The van der Waals surface area contributed by atoms with Gasteiger partial charge in [0.25, 0.3) is 5.91 Å². The Balaban J connectivity index is 1.60. The Kier molecular flexibility index (Phi) is 4.31. The number of aromatic nitrogens is 2. The molecule has 1 atom stereocenters. The van der Waals surface area contributed by atoms with Gasteiger partial charge < -0.3 is 10.2 Å². The second-order valence-corrected chi connectivity index (χ2v) is 6.69. The zero-order valence-electron chi connectivity index (χ0n) is 14.2. The predicted molar refractivity (Wildman–Crippen MR) is 103 cm³/mol. The van der Waals surface area contributed by atoms with Crippen molar-refractivity contribution in [2.45, 2.75) is 19.4 Å². The molecule has 5 nitrogen and oxygen atoms in total. The van der Waals surface area contributed by atoms with Gasteiger partial charge in [-0.25, -0.2) is 9.97 Å². The largest absolute Gasteiger partial charge is 0.324 e. The third kappa shape index (κ3) is 3.13. The molecule has 1 aliphatic rings. The lowest BCUT2D eigenvalue weighted by Gasteiger charge is -2.22. The van der Waals surface area contributed by atoms with Crippen molar-refractivity contribution in [2.24, 2.45) is 0 Å². The Labute approximate surface area is 156 Å². The summed E-state index contributed by atoms with van der Waals surface area (Å²) in [7, 11) is 0. The molecule has 6 heteroatoms. The van der Waals surface area contributed by atoms with Gasteiger partial charge in [0.2, 0.25) is 5.95 Å². The van der Waals surface area contributed by atoms with Crippen LogP contribution in [0.3, 0.4) is 0 Å². The first-order chi connectivity index (χ1) is 12.6. The molecule has 0 aliphatic carbocycles. The van der Waals surface area contributed by atoms with Crippen molar-refractivity contribution in [2.75, 3.05) is 10.2 Å². The first-order valence-electron chi connectivity index (χ1n) is 8.39. The van der Waals surface area contributed by atoms with E-state index in [0.29, 0.717) is 16.7 Å². The summed E-state index contributed by atoms with van der Waals surface area (Å²) in [6, 6.07) is 17.0. The molecule has 1 aliphatic heterocycles. The number of anilines is 3. The molecule has 1 amide bonds. The average Bonchev–Trinajstić information content (AvgIpc) is 2.99. The van der Waals surface area contributed by atoms with Crippen LogP contribution in [0.15, 0.2) is 60.8 Å². The summed E-state index contributed by atoms with van der Waals surface area (Å²) in [4.78, 5) is 23.5. The van der Waals surface area contributed by atoms with Crippen molar-refractivity contribution in [3.63, 3.8) is 0 Å². The fourth-order valence-electron chi connectivity index (χ4n) is 3.20. The van der Waals surface area contributed by atoms with E-state index < -0.39 is 0 Å². The molecule has 1 aromatic heterocycles. The molecule has 4 rings (SSSR count). The van der Waals surface area contributed by atoms with E-state index in [1.807, 2.05) is 42.2 Å². The Morgan fingerprint density at radius 2 is 1.92 bits per heavy atom. The SMILES string of the molecule is CC1Cc2ccccc2N1C(=O)c1ccnc(Nc2ccc(Cl)cc2)n1. The normalized spacial score (nSPS) is 15.6. The van der Waals surface area contributed by atoms with E-state index in [1.165, 1.54) is 5.56 Å². The van der Waals surface area contributed by atoms with Gasteiger partial charge in [-0.2, -0.15) is 0 Å². The number of carbonyl (C=O) groups excluding carboxylic acids is 1. The first kappa shape index (κ1) is 16.5. The Morgan fingerprint density at radius 1 is 1.15 bits per heavy atom. The van der Waals surface area contributed by atoms with Crippen LogP contribution >= 0.6 is 11.6 Å². The summed E-state index contributed by atoms with van der Waals surface area (Å²) in [5.41, 5.74) is 3.30. The van der Waals surface area contributed by atoms with Gasteiger partial charge in [-0.15, -0.1) is 0 Å². The molecule has 1 N–H and O–H groups in total. The summed E-state index contributed by atoms with van der Waals surface area (Å²) in [5, 5.41) is 3.75. The maximum absolute atomic E-state index is 13.1. The van der Waals surface area contributed by atoms with Gasteiger partial charge in [-0.05, 0) is 55.3 Å². The van der Waals surface area contributed by atoms with Crippen LogP contribution in [0.25, 0.3) is 0 Å². The predicted octanol–water partition coefficient (Wildman–Crippen LogP) is 4.47. The van der Waals surface area contributed by atoms with Gasteiger partial charge in [-0.1, -0.05) is 29.8 Å². The fourth-order valence-corrected chi connectivity index (χ4v) is 3.32. The molecule has 0 saturated heterocycles. The van der Waals surface area contributed by atoms with Crippen LogP contribution in [0.4, 0.5) is 17.3 Å². The summed E-state index contributed by atoms with van der Waals surface area (Å²) in [6.45, 7) is 2.05. The quantitative estimate of drug-likeness (QED) is 0.745. The fraction of sp³-hybridized carbons (Fsp3) is 0.150. The number of rotatable bonds is 3. The summed E-state index contributed by atoms with van der Waals surface area (Å²) in [6.07, 6.45) is 2.44. The van der Waals surface area contributed by atoms with Crippen LogP contribution in [-0.2, 0) is 6.42 Å². The molecule has 26 heavy (non-hydrogen) atoms. The van der Waals surface area contributed by atoms with Crippen LogP contribution < -0.4 is 10.2 Å². The highest BCUT2D eigenvalue weighted by Gasteiger charge is 2.31. The maximum atomic E-state index is 13.1. The molecule has 0 bridgehead atoms. The molecule has 1 unspecified atom stereocenters. The van der Waals surface area contributed by atoms with Gasteiger partial charge in [0.05, 0.1) is 0 Å². The molecule has 0 spiro atoms. The minimum absolute atomic E-state index is 0.0996. The third-order valence-electron chi connectivity index (χ3n) is 4.40. The maximum Gasteiger partial charge on any atom is 0.277 e. The van der Waals surface area contributed by atoms with Crippen molar-refractivity contribution >= 4 is 34.8 Å². The molecular formula is C20H17ClN4O. The first-order valence-corrected chi connectivity index (χ1v) is 8.77. The van der Waals surface area contributed by atoms with Crippen LogP contribution in [-0.4, -0.2) is 21.9 Å². The monoisotopic (exact) mass is 364 g/mol. The Morgan fingerprint density at radius 3 is 2.73 bits per heavy atom. The minimum atomic E-state index is -0.121. The number of carbonyl (C=O) groups is 1. The lowest BCUT2D eigenvalue weighted by atomic mass is 10.1. The average molecular weight is 365 g/mol. The van der Waals surface area contributed by atoms with Gasteiger partial charge in [0.15, 0.2) is 0 Å². The summed E-state index contributed by atoms with van der Waals surface area (Å²) < 4.78 is 0.